The monoisotopic (exact) mass is 1300 g/mol. The number of aliphatic carboxylic acids is 1. The molecule has 5 aromatic rings. The first-order valence-corrected chi connectivity index (χ1v) is 33.1. The number of likely N-dealkylation sites (tertiary alicyclic amines) is 2. The maximum absolute atomic E-state index is 15.1. The molecule has 0 saturated carbocycles. The van der Waals surface area contributed by atoms with Crippen LogP contribution in [0.3, 0.4) is 0 Å². The lowest BCUT2D eigenvalue weighted by atomic mass is 9.95. The Labute approximate surface area is 544 Å². The fourth-order valence-corrected chi connectivity index (χ4v) is 12.4. The van der Waals surface area contributed by atoms with Crippen molar-refractivity contribution in [2.75, 3.05) is 31.7 Å². The number of aliphatic hydroxyl groups excluding tert-OH is 1. The molecular formula is C66H89N13O13S. The highest BCUT2D eigenvalue weighted by atomic mass is 32.2. The van der Waals surface area contributed by atoms with Crippen LogP contribution in [-0.4, -0.2) is 187 Å². The second kappa shape index (κ2) is 34.2. The van der Waals surface area contributed by atoms with Gasteiger partial charge >= 0.3 is 5.97 Å². The minimum atomic E-state index is -1.43. The zero-order valence-electron chi connectivity index (χ0n) is 53.2. The number of para-hydroxylation sites is 2. The fraction of sp³-hybridized carbons (Fsp3) is 0.500. The van der Waals surface area contributed by atoms with Crippen LogP contribution >= 0.6 is 11.8 Å². The fourth-order valence-electron chi connectivity index (χ4n) is 11.9. The van der Waals surface area contributed by atoms with Crippen molar-refractivity contribution in [2.24, 2.45) is 23.3 Å². The lowest BCUT2D eigenvalue weighted by Crippen LogP contribution is -2.61. The molecule has 0 unspecified atom stereocenters. The number of carbonyl (C=O) groups is 11. The van der Waals surface area contributed by atoms with E-state index in [0.717, 1.165) is 21.8 Å². The molecule has 0 aliphatic carbocycles. The van der Waals surface area contributed by atoms with Gasteiger partial charge in [0.2, 0.25) is 59.1 Å². The average molecular weight is 1300 g/mol. The number of thioether (sulfide) groups is 1. The van der Waals surface area contributed by atoms with E-state index >= 15 is 9.59 Å². The van der Waals surface area contributed by atoms with Crippen LogP contribution in [0.15, 0.2) is 91.3 Å². The Balaban J connectivity index is 1.11. The number of carboxylic acids is 1. The molecule has 502 valence electrons. The van der Waals surface area contributed by atoms with E-state index in [9.17, 15) is 53.4 Å². The van der Waals surface area contributed by atoms with Gasteiger partial charge in [-0.1, -0.05) is 101 Å². The van der Waals surface area contributed by atoms with Gasteiger partial charge in [0.05, 0.1) is 6.61 Å². The number of aliphatic hydroxyl groups is 1. The Bertz CT molecular complexity index is 3450. The Hall–Kier alpha value is -8.82. The SMILES string of the molecule is CC[C@H](C)[C@H](NC(=O)[C@H](Cc1c[nH]c2ccccc12)NC(=O)[C@@H]1CCCN1C(=O)[C@H](CCSC)NC(=O)[C@H](Cc1c[nH]c2ccccc12)NC(=O)[C@H](CCC(N)=O)NC(=O)[C@@H](N)CO)C(=O)N[C@@H](CC(C)C)C(=O)N1CCC[C@H]1C(=O)N[C@@H](Cc1ccccc1)C(=O)O. The van der Waals surface area contributed by atoms with Crippen molar-refractivity contribution in [1.82, 2.24) is 57.0 Å². The maximum Gasteiger partial charge on any atom is 0.326 e. The van der Waals surface area contributed by atoms with Crippen LogP contribution < -0.4 is 48.7 Å². The number of primary amides is 1. The molecule has 0 radical (unpaired) electrons. The summed E-state index contributed by atoms with van der Waals surface area (Å²) in [5.41, 5.74) is 14.6. The molecule has 11 atom stereocenters. The van der Waals surface area contributed by atoms with E-state index in [0.29, 0.717) is 41.7 Å². The number of nitrogens with zero attached hydrogens (tertiary/aromatic N) is 2. The van der Waals surface area contributed by atoms with Gasteiger partial charge in [-0.15, -0.1) is 0 Å². The Kier molecular flexibility index (Phi) is 26.3. The molecule has 3 aromatic carbocycles. The van der Waals surface area contributed by atoms with Gasteiger partial charge in [0.25, 0.3) is 0 Å². The molecule has 0 spiro atoms. The third-order valence-corrected chi connectivity index (χ3v) is 17.9. The molecule has 2 aliphatic rings. The smallest absolute Gasteiger partial charge is 0.326 e. The van der Waals surface area contributed by atoms with Crippen molar-refractivity contribution in [3.8, 4) is 0 Å². The molecule has 93 heavy (non-hydrogen) atoms. The standard InChI is InChI=1S/C66H89N13O13S/c1-6-38(4)56(63(88)75-51(30-37(2)3)65(90)79-28-15-23-54(79)62(87)76-52(66(91)92)31-39-16-8-7-9-17-39)77-60(85)50(33-41-35-70-46-21-13-11-19-43(41)46)74-61(86)53-22-14-27-78(53)64(89)48(26-29-93-5)72-59(84)49(32-40-34-69-45-20-12-10-18-42(40)45)73-58(83)47(24-25-55(68)81)71-57(82)44(67)36-80/h7-13,16-21,34-35,37-38,44,47-54,56,69-70,80H,6,14-15,22-33,36,67H2,1-5H3,(H2,68,81)(H,71,82)(H,72,84)(H,73,83)(H,74,86)(H,75,88)(H,76,87)(H,77,85)(H,91,92)/t38-,44-,47-,48-,49-,50-,51-,52-,53-,54-,56-/m0/s1. The third kappa shape index (κ3) is 19.4. The van der Waals surface area contributed by atoms with Gasteiger partial charge in [-0.25, -0.2) is 4.79 Å². The second-order valence-electron chi connectivity index (χ2n) is 24.5. The van der Waals surface area contributed by atoms with Crippen LogP contribution in [0.4, 0.5) is 0 Å². The van der Waals surface area contributed by atoms with Crippen molar-refractivity contribution < 1.29 is 63.0 Å². The summed E-state index contributed by atoms with van der Waals surface area (Å²) in [6.45, 7) is 6.87. The second-order valence-corrected chi connectivity index (χ2v) is 25.5. The molecule has 2 aromatic heterocycles. The number of aromatic nitrogens is 2. The molecule has 15 N–H and O–H groups in total. The van der Waals surface area contributed by atoms with E-state index in [2.05, 4.69) is 47.2 Å². The van der Waals surface area contributed by atoms with Crippen molar-refractivity contribution >= 4 is 98.6 Å². The van der Waals surface area contributed by atoms with Crippen molar-refractivity contribution in [3.63, 3.8) is 0 Å². The minimum Gasteiger partial charge on any atom is -0.480 e. The molecule has 0 bridgehead atoms. The Morgan fingerprint density at radius 3 is 1.60 bits per heavy atom. The Morgan fingerprint density at radius 2 is 1.08 bits per heavy atom. The van der Waals surface area contributed by atoms with Crippen LogP contribution in [0.5, 0.6) is 0 Å². The van der Waals surface area contributed by atoms with Crippen LogP contribution in [-0.2, 0) is 72.0 Å². The summed E-state index contributed by atoms with van der Waals surface area (Å²) < 4.78 is 0. The van der Waals surface area contributed by atoms with Gasteiger partial charge in [-0.3, -0.25) is 47.9 Å². The molecule has 7 rings (SSSR count). The summed E-state index contributed by atoms with van der Waals surface area (Å²) in [5.74, 6) is -8.76. The topological polar surface area (TPSA) is 403 Å². The number of carboxylic acid groups (broad SMARTS) is 1. The number of H-pyrrole nitrogens is 2. The highest BCUT2D eigenvalue weighted by Crippen LogP contribution is 2.26. The third-order valence-electron chi connectivity index (χ3n) is 17.2. The number of hydrogen-bond acceptors (Lipinski definition) is 14. The average Bonchev–Trinajstić information content (AvgIpc) is 2.14. The van der Waals surface area contributed by atoms with Gasteiger partial charge in [-0.2, -0.15) is 11.8 Å². The first-order valence-electron chi connectivity index (χ1n) is 31.8. The Morgan fingerprint density at radius 1 is 0.591 bits per heavy atom. The number of hydrogen-bond donors (Lipinski definition) is 13. The van der Waals surface area contributed by atoms with E-state index in [-0.39, 0.29) is 76.8 Å². The molecule has 27 heteroatoms. The number of fused-ring (bicyclic) bond motifs is 2. The van der Waals surface area contributed by atoms with E-state index in [1.165, 1.54) is 21.6 Å². The van der Waals surface area contributed by atoms with Crippen LogP contribution in [0.2, 0.25) is 0 Å². The molecular weight excluding hydrogens is 1210 g/mol. The number of benzene rings is 3. The maximum atomic E-state index is 15.1. The van der Waals surface area contributed by atoms with Crippen molar-refractivity contribution in [3.05, 3.63) is 108 Å². The molecule has 2 fully saturated rings. The van der Waals surface area contributed by atoms with E-state index in [1.54, 1.807) is 55.7 Å². The number of amides is 10. The number of aromatic amines is 2. The molecule has 2 aliphatic heterocycles. The van der Waals surface area contributed by atoms with Gasteiger partial charge < -0.3 is 78.7 Å². The number of rotatable bonds is 34. The number of carbonyl (C=O) groups excluding carboxylic acids is 10. The normalized spacial score (nSPS) is 17.6. The van der Waals surface area contributed by atoms with Gasteiger partial charge in [-0.05, 0) is 97.6 Å². The van der Waals surface area contributed by atoms with E-state index in [4.69, 9.17) is 11.5 Å². The molecule has 2 saturated heterocycles. The molecule has 4 heterocycles. The summed E-state index contributed by atoms with van der Waals surface area (Å²) in [4.78, 5) is 164. The highest BCUT2D eigenvalue weighted by molar-refractivity contribution is 7.98. The lowest BCUT2D eigenvalue weighted by Gasteiger charge is -2.33. The van der Waals surface area contributed by atoms with Gasteiger partial charge in [0.15, 0.2) is 0 Å². The predicted octanol–water partition coefficient (Wildman–Crippen LogP) is 1.57. The summed E-state index contributed by atoms with van der Waals surface area (Å²) in [6.07, 6.45) is 6.33. The highest BCUT2D eigenvalue weighted by Gasteiger charge is 2.43. The lowest BCUT2D eigenvalue weighted by molar-refractivity contribution is -0.145. The van der Waals surface area contributed by atoms with Gasteiger partial charge in [0, 0.05) is 73.0 Å². The van der Waals surface area contributed by atoms with Crippen LogP contribution in [0.25, 0.3) is 21.8 Å². The molecule has 10 amide bonds. The van der Waals surface area contributed by atoms with E-state index < -0.39 is 138 Å². The van der Waals surface area contributed by atoms with Crippen molar-refractivity contribution in [1.29, 1.82) is 0 Å². The zero-order chi connectivity index (χ0) is 67.5. The number of nitrogens with one attached hydrogen (secondary N) is 9. The summed E-state index contributed by atoms with van der Waals surface area (Å²) in [6, 6.07) is 10.8. The first-order chi connectivity index (χ1) is 44.5. The largest absolute Gasteiger partial charge is 0.480 e. The summed E-state index contributed by atoms with van der Waals surface area (Å²) in [7, 11) is 0. The summed E-state index contributed by atoms with van der Waals surface area (Å²) >= 11 is 1.40. The van der Waals surface area contributed by atoms with E-state index in [1.807, 2.05) is 69.5 Å². The first kappa shape index (κ1) is 71.6. The summed E-state index contributed by atoms with van der Waals surface area (Å²) in [5, 5.41) is 40.5. The van der Waals surface area contributed by atoms with Crippen LogP contribution in [0, 0.1) is 11.8 Å². The van der Waals surface area contributed by atoms with Gasteiger partial charge in [0.1, 0.15) is 60.4 Å². The van der Waals surface area contributed by atoms with Crippen molar-refractivity contribution in [2.45, 2.75) is 165 Å². The minimum absolute atomic E-state index is 0.0182. The number of nitrogens with two attached hydrogens (primary N) is 2. The molecule has 26 nitrogen and oxygen atoms in total. The quantitative estimate of drug-likeness (QED) is 0.0278. The van der Waals surface area contributed by atoms with Crippen LogP contribution in [0.1, 0.15) is 102 Å². The predicted molar refractivity (Wildman–Crippen MR) is 350 cm³/mol. The zero-order valence-corrected chi connectivity index (χ0v) is 54.1.